The van der Waals surface area contributed by atoms with Gasteiger partial charge in [-0.2, -0.15) is 0 Å². The third kappa shape index (κ3) is 17.0. The van der Waals surface area contributed by atoms with E-state index in [1.54, 1.807) is 0 Å². The predicted octanol–water partition coefficient (Wildman–Crippen LogP) is 4.92. The summed E-state index contributed by atoms with van der Waals surface area (Å²) in [7, 11) is 0. The lowest BCUT2D eigenvalue weighted by Gasteiger charge is -2.01. The fourth-order valence-corrected chi connectivity index (χ4v) is 2.44. The van der Waals surface area contributed by atoms with Crippen LogP contribution in [0.1, 0.15) is 96.8 Å². The van der Waals surface area contributed by atoms with Gasteiger partial charge in [-0.05, 0) is 19.3 Å². The Labute approximate surface area is 136 Å². The number of unbranched alkanes of at least 4 members (excludes halogenated alkanes) is 10. The molecular weight excluding hydrogens is 276 g/mol. The summed E-state index contributed by atoms with van der Waals surface area (Å²) < 4.78 is 0. The number of hydrogen-bond acceptors (Lipinski definition) is 2. The Balaban J connectivity index is 3.16. The Bertz CT molecular complexity index is 314. The van der Waals surface area contributed by atoms with Crippen LogP contribution in [-0.2, 0) is 4.79 Å². The molecule has 0 aliphatic rings. The first-order chi connectivity index (χ1) is 10.7. The van der Waals surface area contributed by atoms with Crippen LogP contribution in [-0.4, -0.2) is 22.3 Å². The van der Waals surface area contributed by atoms with Gasteiger partial charge in [0.15, 0.2) is 0 Å². The molecule has 0 heterocycles. The molecule has 0 radical (unpaired) electrons. The van der Waals surface area contributed by atoms with Crippen molar-refractivity contribution in [3.05, 3.63) is 0 Å². The molecule has 0 aromatic carbocycles. The first-order valence-corrected chi connectivity index (χ1v) is 9.05. The van der Waals surface area contributed by atoms with Crippen molar-refractivity contribution < 1.29 is 15.0 Å². The van der Waals surface area contributed by atoms with E-state index in [-0.39, 0.29) is 0 Å². The van der Waals surface area contributed by atoms with Crippen molar-refractivity contribution in [2.45, 2.75) is 103 Å². The molecule has 0 saturated carbocycles. The fraction of sp³-hybridized carbons (Fsp3) is 0.842. The molecule has 0 amide bonds. The second kappa shape index (κ2) is 16.4. The summed E-state index contributed by atoms with van der Waals surface area (Å²) in [5, 5.41) is 18.0. The van der Waals surface area contributed by atoms with E-state index in [0.717, 1.165) is 38.5 Å². The number of aliphatic hydroxyl groups is 1. The molecule has 0 aromatic rings. The van der Waals surface area contributed by atoms with E-state index in [9.17, 15) is 9.90 Å². The summed E-state index contributed by atoms with van der Waals surface area (Å²) in [6, 6.07) is 0. The zero-order valence-corrected chi connectivity index (χ0v) is 14.3. The van der Waals surface area contributed by atoms with Gasteiger partial charge in [0.1, 0.15) is 6.10 Å². The molecule has 22 heavy (non-hydrogen) atoms. The van der Waals surface area contributed by atoms with Gasteiger partial charge in [0.05, 0.1) is 0 Å². The molecule has 3 heteroatoms. The molecule has 128 valence electrons. The predicted molar refractivity (Wildman–Crippen MR) is 91.7 cm³/mol. The second-order valence-electron chi connectivity index (χ2n) is 6.05. The summed E-state index contributed by atoms with van der Waals surface area (Å²) in [5.74, 6) is 5.29. The number of carboxylic acid groups (broad SMARTS) is 1. The second-order valence-corrected chi connectivity index (χ2v) is 6.05. The molecule has 3 nitrogen and oxygen atoms in total. The van der Waals surface area contributed by atoms with Crippen molar-refractivity contribution in [2.75, 3.05) is 0 Å². The van der Waals surface area contributed by atoms with Crippen LogP contribution >= 0.6 is 0 Å². The smallest absolute Gasteiger partial charge is 0.303 e. The van der Waals surface area contributed by atoms with Gasteiger partial charge in [0.25, 0.3) is 0 Å². The lowest BCUT2D eigenvalue weighted by Crippen LogP contribution is -2.00. The van der Waals surface area contributed by atoms with Gasteiger partial charge in [0, 0.05) is 12.8 Å². The molecular formula is C19H34O3. The third-order valence-electron chi connectivity index (χ3n) is 3.77. The van der Waals surface area contributed by atoms with Gasteiger partial charge in [0.2, 0.25) is 0 Å². The van der Waals surface area contributed by atoms with Crippen molar-refractivity contribution in [2.24, 2.45) is 0 Å². The lowest BCUT2D eigenvalue weighted by molar-refractivity contribution is -0.137. The van der Waals surface area contributed by atoms with Gasteiger partial charge in [-0.3, -0.25) is 4.79 Å². The Morgan fingerprint density at radius 3 is 1.91 bits per heavy atom. The average Bonchev–Trinajstić information content (AvgIpc) is 2.47. The highest BCUT2D eigenvalue weighted by atomic mass is 16.4. The monoisotopic (exact) mass is 310 g/mol. The summed E-state index contributed by atoms with van der Waals surface area (Å²) in [4.78, 5) is 10.3. The van der Waals surface area contributed by atoms with E-state index in [1.807, 2.05) is 0 Å². The van der Waals surface area contributed by atoms with Crippen molar-refractivity contribution in [3.63, 3.8) is 0 Å². The van der Waals surface area contributed by atoms with Crippen LogP contribution in [0.25, 0.3) is 0 Å². The fourth-order valence-electron chi connectivity index (χ4n) is 2.44. The number of carboxylic acids is 1. The lowest BCUT2D eigenvalue weighted by atomic mass is 10.1. The molecule has 0 rings (SSSR count). The van der Waals surface area contributed by atoms with Gasteiger partial charge in [-0.25, -0.2) is 0 Å². The Kier molecular flexibility index (Phi) is 15.6. The molecule has 2 N–H and O–H groups in total. The number of rotatable bonds is 14. The van der Waals surface area contributed by atoms with Gasteiger partial charge in [-0.1, -0.05) is 70.6 Å². The third-order valence-corrected chi connectivity index (χ3v) is 3.77. The maximum absolute atomic E-state index is 10.3. The Hall–Kier alpha value is -1.01. The highest BCUT2D eigenvalue weighted by molar-refractivity contribution is 5.66. The van der Waals surface area contributed by atoms with Crippen molar-refractivity contribution in [1.82, 2.24) is 0 Å². The largest absolute Gasteiger partial charge is 0.481 e. The minimum atomic E-state index is -0.676. The minimum absolute atomic E-state index is 0.318. The molecule has 0 bridgehead atoms. The molecule has 1 atom stereocenters. The van der Waals surface area contributed by atoms with Crippen LogP contribution in [0, 0.1) is 11.8 Å². The Morgan fingerprint density at radius 2 is 1.41 bits per heavy atom. The van der Waals surface area contributed by atoms with Crippen LogP contribution < -0.4 is 0 Å². The van der Waals surface area contributed by atoms with Crippen molar-refractivity contribution in [1.29, 1.82) is 0 Å². The highest BCUT2D eigenvalue weighted by Crippen LogP contribution is 2.11. The molecule has 0 aliphatic heterocycles. The molecule has 0 fully saturated rings. The quantitative estimate of drug-likeness (QED) is 0.354. The van der Waals surface area contributed by atoms with Gasteiger partial charge in [-0.15, -0.1) is 5.92 Å². The van der Waals surface area contributed by atoms with E-state index >= 15 is 0 Å². The summed E-state index contributed by atoms with van der Waals surface area (Å²) >= 11 is 0. The first-order valence-electron chi connectivity index (χ1n) is 9.05. The van der Waals surface area contributed by atoms with Gasteiger partial charge < -0.3 is 10.2 Å². The summed E-state index contributed by atoms with van der Waals surface area (Å²) in [5.41, 5.74) is 0. The van der Waals surface area contributed by atoms with E-state index in [0.29, 0.717) is 6.42 Å². The topological polar surface area (TPSA) is 57.5 Å². The molecule has 0 spiro atoms. The van der Waals surface area contributed by atoms with E-state index in [4.69, 9.17) is 5.11 Å². The first kappa shape index (κ1) is 21.0. The Morgan fingerprint density at radius 1 is 0.909 bits per heavy atom. The minimum Gasteiger partial charge on any atom is -0.481 e. The van der Waals surface area contributed by atoms with E-state index in [2.05, 4.69) is 18.8 Å². The zero-order chi connectivity index (χ0) is 16.5. The standard InChI is InChI=1S/C19H34O3/c1-2-15-18(20)16-13-11-9-7-5-3-4-6-8-10-12-14-17-19(21)22/h18,20H,2-12,14-15,17H2,1H3,(H,21,22). The molecule has 1 unspecified atom stereocenters. The van der Waals surface area contributed by atoms with E-state index in [1.165, 1.54) is 44.9 Å². The highest BCUT2D eigenvalue weighted by Gasteiger charge is 1.97. The summed E-state index contributed by atoms with van der Waals surface area (Å²) in [6.45, 7) is 2.06. The number of aliphatic carboxylic acids is 1. The molecule has 0 aliphatic carbocycles. The molecule has 0 aromatic heterocycles. The van der Waals surface area contributed by atoms with Crippen molar-refractivity contribution >= 4 is 5.97 Å². The van der Waals surface area contributed by atoms with Crippen LogP contribution in [0.4, 0.5) is 0 Å². The van der Waals surface area contributed by atoms with Gasteiger partial charge >= 0.3 is 5.97 Å². The van der Waals surface area contributed by atoms with Crippen molar-refractivity contribution in [3.8, 4) is 11.8 Å². The van der Waals surface area contributed by atoms with Crippen LogP contribution in [0.15, 0.2) is 0 Å². The van der Waals surface area contributed by atoms with Crippen LogP contribution in [0.3, 0.4) is 0 Å². The number of aliphatic hydroxyl groups excluding tert-OH is 1. The van der Waals surface area contributed by atoms with Crippen LogP contribution in [0.2, 0.25) is 0 Å². The normalized spacial score (nSPS) is 11.7. The number of hydrogen-bond donors (Lipinski definition) is 2. The number of carbonyl (C=O) groups is 1. The van der Waals surface area contributed by atoms with Crippen LogP contribution in [0.5, 0.6) is 0 Å². The zero-order valence-electron chi connectivity index (χ0n) is 14.3. The summed E-state index contributed by atoms with van der Waals surface area (Å²) in [6.07, 6.45) is 14.3. The average molecular weight is 310 g/mol. The maximum atomic E-state index is 10.3. The van der Waals surface area contributed by atoms with E-state index < -0.39 is 12.1 Å². The molecule has 0 saturated heterocycles. The SMILES string of the molecule is CCCC(O)C#CCCCCCCCCCCCCC(=O)O. The maximum Gasteiger partial charge on any atom is 0.303 e.